The molecule has 0 aromatic heterocycles. The van der Waals surface area contributed by atoms with Crippen molar-refractivity contribution in [3.8, 4) is 0 Å². The molecule has 1 aromatic rings. The van der Waals surface area contributed by atoms with E-state index in [1.165, 1.54) is 12.8 Å². The zero-order valence-electron chi connectivity index (χ0n) is 13.4. The van der Waals surface area contributed by atoms with Gasteiger partial charge < -0.3 is 10.6 Å². The number of hydrogen-bond donors (Lipinski definition) is 1. The first-order chi connectivity index (χ1) is 9.97. The van der Waals surface area contributed by atoms with Crippen LogP contribution in [0, 0.1) is 5.92 Å². The lowest BCUT2D eigenvalue weighted by atomic mass is 10.1. The third kappa shape index (κ3) is 4.74. The minimum atomic E-state index is 0.149. The van der Waals surface area contributed by atoms with E-state index in [0.717, 1.165) is 24.3 Å². The number of nitrogen functional groups attached to an aromatic ring is 1. The molecule has 116 valence electrons. The molecule has 1 amide bonds. The van der Waals surface area contributed by atoms with Crippen LogP contribution in [0.15, 0.2) is 24.3 Å². The van der Waals surface area contributed by atoms with Gasteiger partial charge in [0.1, 0.15) is 0 Å². The molecule has 0 saturated heterocycles. The Bertz CT molecular complexity index is 465. The van der Waals surface area contributed by atoms with Gasteiger partial charge in [0.2, 0.25) is 5.91 Å². The summed E-state index contributed by atoms with van der Waals surface area (Å²) in [4.78, 5) is 16.5. The van der Waals surface area contributed by atoms with E-state index < -0.39 is 0 Å². The molecule has 1 fully saturated rings. The van der Waals surface area contributed by atoms with Crippen LogP contribution in [0.2, 0.25) is 0 Å². The van der Waals surface area contributed by atoms with E-state index in [0.29, 0.717) is 18.5 Å². The summed E-state index contributed by atoms with van der Waals surface area (Å²) < 4.78 is 0. The number of rotatable bonds is 7. The first-order valence-electron chi connectivity index (χ1n) is 7.83. The van der Waals surface area contributed by atoms with Crippen molar-refractivity contribution in [2.75, 3.05) is 30.8 Å². The summed E-state index contributed by atoms with van der Waals surface area (Å²) in [7, 11) is 1.83. The van der Waals surface area contributed by atoms with Crippen LogP contribution < -0.4 is 10.6 Å². The van der Waals surface area contributed by atoms with Gasteiger partial charge in [0.05, 0.1) is 6.54 Å². The van der Waals surface area contributed by atoms with Gasteiger partial charge >= 0.3 is 0 Å². The van der Waals surface area contributed by atoms with Crippen molar-refractivity contribution in [3.63, 3.8) is 0 Å². The third-order valence-electron chi connectivity index (χ3n) is 4.05. The molecule has 0 atom stereocenters. The van der Waals surface area contributed by atoms with Crippen molar-refractivity contribution >= 4 is 17.3 Å². The molecule has 0 aliphatic heterocycles. The van der Waals surface area contributed by atoms with Crippen molar-refractivity contribution in [1.29, 1.82) is 0 Å². The number of nitrogens with zero attached hydrogens (tertiary/aromatic N) is 2. The fourth-order valence-corrected chi connectivity index (χ4v) is 2.38. The first kappa shape index (κ1) is 15.8. The zero-order chi connectivity index (χ0) is 15.4. The number of hydrogen-bond acceptors (Lipinski definition) is 3. The van der Waals surface area contributed by atoms with Crippen LogP contribution in [0.3, 0.4) is 0 Å². The van der Waals surface area contributed by atoms with E-state index >= 15 is 0 Å². The summed E-state index contributed by atoms with van der Waals surface area (Å²) in [5, 5.41) is 0. The number of carbonyl (C=O) groups is 1. The second kappa shape index (κ2) is 6.94. The Balaban J connectivity index is 1.93. The second-order valence-electron chi connectivity index (χ2n) is 6.43. The van der Waals surface area contributed by atoms with Crippen molar-refractivity contribution in [1.82, 2.24) is 4.90 Å². The quantitative estimate of drug-likeness (QED) is 0.785. The molecule has 2 rings (SSSR count). The largest absolute Gasteiger partial charge is 0.399 e. The molecule has 0 heterocycles. The number of likely N-dealkylation sites (N-methyl/N-ethyl adjacent to an activating group) is 1. The van der Waals surface area contributed by atoms with Crippen LogP contribution in [-0.2, 0) is 4.79 Å². The second-order valence-corrected chi connectivity index (χ2v) is 6.43. The minimum absolute atomic E-state index is 0.149. The molecular formula is C17H27N3O. The Hall–Kier alpha value is -1.55. The molecule has 0 bridgehead atoms. The molecule has 4 nitrogen and oxygen atoms in total. The van der Waals surface area contributed by atoms with Gasteiger partial charge in [-0.15, -0.1) is 0 Å². The number of anilines is 2. The molecule has 1 saturated carbocycles. The predicted molar refractivity (Wildman–Crippen MR) is 88.3 cm³/mol. The average Bonchev–Trinajstić information content (AvgIpc) is 3.27. The lowest BCUT2D eigenvalue weighted by Gasteiger charge is -2.25. The van der Waals surface area contributed by atoms with Crippen molar-refractivity contribution in [3.05, 3.63) is 24.3 Å². The summed E-state index contributed by atoms with van der Waals surface area (Å²) in [5.74, 6) is 0.826. The van der Waals surface area contributed by atoms with Gasteiger partial charge in [-0.2, -0.15) is 0 Å². The molecule has 1 aliphatic carbocycles. The summed E-state index contributed by atoms with van der Waals surface area (Å²) in [6, 6.07) is 8.06. The van der Waals surface area contributed by atoms with Crippen molar-refractivity contribution in [2.45, 2.75) is 39.2 Å². The van der Waals surface area contributed by atoms with Crippen LogP contribution in [0.25, 0.3) is 0 Å². The fraction of sp³-hybridized carbons (Fsp3) is 0.588. The van der Waals surface area contributed by atoms with E-state index in [-0.39, 0.29) is 5.91 Å². The molecule has 1 aromatic carbocycles. The van der Waals surface area contributed by atoms with E-state index in [1.807, 2.05) is 31.3 Å². The molecule has 2 N–H and O–H groups in total. The zero-order valence-corrected chi connectivity index (χ0v) is 13.4. The van der Waals surface area contributed by atoms with Crippen LogP contribution in [0.5, 0.6) is 0 Å². The summed E-state index contributed by atoms with van der Waals surface area (Å²) >= 11 is 0. The first-order valence-corrected chi connectivity index (χ1v) is 7.83. The summed E-state index contributed by atoms with van der Waals surface area (Å²) in [5.41, 5.74) is 7.30. The molecule has 0 unspecified atom stereocenters. The fourth-order valence-electron chi connectivity index (χ4n) is 2.38. The van der Waals surface area contributed by atoms with Crippen LogP contribution >= 0.6 is 0 Å². The maximum absolute atomic E-state index is 12.5. The Kier molecular flexibility index (Phi) is 5.23. The number of nitrogens with two attached hydrogens (primary N) is 1. The molecular weight excluding hydrogens is 262 g/mol. The maximum atomic E-state index is 12.5. The van der Waals surface area contributed by atoms with Crippen molar-refractivity contribution < 1.29 is 4.79 Å². The summed E-state index contributed by atoms with van der Waals surface area (Å²) in [6.07, 6.45) is 3.61. The van der Waals surface area contributed by atoms with Gasteiger partial charge in [0.25, 0.3) is 0 Å². The SMILES string of the molecule is CC(C)CCN(CC(=O)N(C)c1ccc(N)cc1)C1CC1. The van der Waals surface area contributed by atoms with Crippen LogP contribution in [0.4, 0.5) is 11.4 Å². The number of amides is 1. The number of carbonyl (C=O) groups excluding carboxylic acids is 1. The van der Waals surface area contributed by atoms with E-state index in [4.69, 9.17) is 5.73 Å². The minimum Gasteiger partial charge on any atom is -0.399 e. The van der Waals surface area contributed by atoms with Crippen LogP contribution in [-0.4, -0.2) is 37.0 Å². The Morgan fingerprint density at radius 1 is 1.29 bits per heavy atom. The molecule has 1 aliphatic rings. The lowest BCUT2D eigenvalue weighted by Crippen LogP contribution is -2.40. The predicted octanol–water partition coefficient (Wildman–Crippen LogP) is 2.74. The smallest absolute Gasteiger partial charge is 0.240 e. The Labute approximate surface area is 127 Å². The standard InChI is InChI=1S/C17H27N3O/c1-13(2)10-11-20(16-8-9-16)12-17(21)19(3)15-6-4-14(18)5-7-15/h4-7,13,16H,8-12,18H2,1-3H3. The third-order valence-corrected chi connectivity index (χ3v) is 4.05. The average molecular weight is 289 g/mol. The monoisotopic (exact) mass is 289 g/mol. The normalized spacial score (nSPS) is 14.7. The summed E-state index contributed by atoms with van der Waals surface area (Å²) in [6.45, 7) is 5.99. The lowest BCUT2D eigenvalue weighted by molar-refractivity contribution is -0.119. The van der Waals surface area contributed by atoms with Gasteiger partial charge in [-0.3, -0.25) is 9.69 Å². The van der Waals surface area contributed by atoms with Gasteiger partial charge in [-0.25, -0.2) is 0 Å². The Morgan fingerprint density at radius 3 is 2.43 bits per heavy atom. The van der Waals surface area contributed by atoms with Gasteiger partial charge in [0.15, 0.2) is 0 Å². The number of benzene rings is 1. The van der Waals surface area contributed by atoms with Gasteiger partial charge in [-0.1, -0.05) is 13.8 Å². The van der Waals surface area contributed by atoms with E-state index in [1.54, 1.807) is 4.90 Å². The molecule has 21 heavy (non-hydrogen) atoms. The topological polar surface area (TPSA) is 49.6 Å². The molecule has 4 heteroatoms. The van der Waals surface area contributed by atoms with Crippen LogP contribution in [0.1, 0.15) is 33.1 Å². The van der Waals surface area contributed by atoms with Gasteiger partial charge in [-0.05, 0) is 56.0 Å². The Morgan fingerprint density at radius 2 is 1.90 bits per heavy atom. The highest BCUT2D eigenvalue weighted by Crippen LogP contribution is 2.27. The molecule has 0 spiro atoms. The van der Waals surface area contributed by atoms with Gasteiger partial charge in [0, 0.05) is 24.5 Å². The highest BCUT2D eigenvalue weighted by atomic mass is 16.2. The maximum Gasteiger partial charge on any atom is 0.240 e. The van der Waals surface area contributed by atoms with E-state index in [9.17, 15) is 4.79 Å². The molecule has 0 radical (unpaired) electrons. The highest BCUT2D eigenvalue weighted by molar-refractivity contribution is 5.94. The van der Waals surface area contributed by atoms with E-state index in [2.05, 4.69) is 18.7 Å². The van der Waals surface area contributed by atoms with Crippen molar-refractivity contribution in [2.24, 2.45) is 5.92 Å². The highest BCUT2D eigenvalue weighted by Gasteiger charge is 2.30.